The molecule has 3 N–H and O–H groups in total. The third-order valence-electron chi connectivity index (χ3n) is 3.02. The van der Waals surface area contributed by atoms with Gasteiger partial charge < -0.3 is 11.1 Å². The molecule has 0 aromatic heterocycles. The van der Waals surface area contributed by atoms with Crippen molar-refractivity contribution >= 4 is 17.5 Å². The molecule has 0 aliphatic carbocycles. The molecule has 0 bridgehead atoms. The van der Waals surface area contributed by atoms with E-state index in [4.69, 9.17) is 17.3 Å². The van der Waals surface area contributed by atoms with E-state index in [1.807, 2.05) is 42.5 Å². The van der Waals surface area contributed by atoms with Crippen molar-refractivity contribution in [2.24, 2.45) is 5.73 Å². The molecule has 0 radical (unpaired) electrons. The van der Waals surface area contributed by atoms with Crippen LogP contribution in [-0.2, 0) is 13.0 Å². The smallest absolute Gasteiger partial charge is 0.248 e. The van der Waals surface area contributed by atoms with Crippen LogP contribution in [0.1, 0.15) is 21.5 Å². The fourth-order valence-corrected chi connectivity index (χ4v) is 2.21. The number of carbonyl (C=O) groups is 1. The van der Waals surface area contributed by atoms with Gasteiger partial charge in [0.15, 0.2) is 0 Å². The summed E-state index contributed by atoms with van der Waals surface area (Å²) < 4.78 is 0. The maximum Gasteiger partial charge on any atom is 0.248 e. The van der Waals surface area contributed by atoms with Gasteiger partial charge in [-0.05, 0) is 48.4 Å². The van der Waals surface area contributed by atoms with Crippen LogP contribution in [0.2, 0.25) is 5.02 Å². The van der Waals surface area contributed by atoms with Gasteiger partial charge in [0.05, 0.1) is 0 Å². The van der Waals surface area contributed by atoms with Crippen LogP contribution in [0.25, 0.3) is 0 Å². The van der Waals surface area contributed by atoms with Crippen molar-refractivity contribution in [1.29, 1.82) is 0 Å². The summed E-state index contributed by atoms with van der Waals surface area (Å²) >= 11 is 5.93. The summed E-state index contributed by atoms with van der Waals surface area (Å²) in [5, 5.41) is 4.10. The third-order valence-corrected chi connectivity index (χ3v) is 3.26. The van der Waals surface area contributed by atoms with E-state index in [2.05, 4.69) is 5.32 Å². The maximum absolute atomic E-state index is 11.1. The molecule has 1 amide bonds. The van der Waals surface area contributed by atoms with Gasteiger partial charge in [-0.2, -0.15) is 0 Å². The van der Waals surface area contributed by atoms with Crippen molar-refractivity contribution in [3.8, 4) is 0 Å². The zero-order valence-electron chi connectivity index (χ0n) is 11.1. The number of amides is 1. The van der Waals surface area contributed by atoms with Gasteiger partial charge in [-0.3, -0.25) is 4.79 Å². The Balaban J connectivity index is 1.81. The summed E-state index contributed by atoms with van der Waals surface area (Å²) in [7, 11) is 0. The minimum Gasteiger partial charge on any atom is -0.366 e. The fourth-order valence-electron chi connectivity index (χ4n) is 1.99. The second-order valence-corrected chi connectivity index (χ2v) is 5.06. The van der Waals surface area contributed by atoms with Gasteiger partial charge >= 0.3 is 0 Å². The highest BCUT2D eigenvalue weighted by Crippen LogP contribution is 2.10. The van der Waals surface area contributed by atoms with E-state index >= 15 is 0 Å². The van der Waals surface area contributed by atoms with Crippen LogP contribution in [0.4, 0.5) is 0 Å². The molecule has 2 rings (SSSR count). The van der Waals surface area contributed by atoms with Crippen molar-refractivity contribution in [2.75, 3.05) is 6.54 Å². The minimum atomic E-state index is -0.390. The number of carbonyl (C=O) groups excluding carboxylic acids is 1. The Morgan fingerprint density at radius 1 is 1.10 bits per heavy atom. The molecule has 104 valence electrons. The van der Waals surface area contributed by atoms with Crippen molar-refractivity contribution in [3.05, 3.63) is 70.2 Å². The van der Waals surface area contributed by atoms with Gasteiger partial charge in [0.2, 0.25) is 5.91 Å². The van der Waals surface area contributed by atoms with E-state index in [0.717, 1.165) is 35.7 Å². The molecule has 0 unspecified atom stereocenters. The molecule has 0 fully saturated rings. The molecule has 20 heavy (non-hydrogen) atoms. The van der Waals surface area contributed by atoms with Gasteiger partial charge in [-0.15, -0.1) is 0 Å². The number of halogens is 1. The highest BCUT2D eigenvalue weighted by atomic mass is 35.5. The van der Waals surface area contributed by atoms with Crippen molar-refractivity contribution in [3.63, 3.8) is 0 Å². The molecule has 0 heterocycles. The number of rotatable bonds is 6. The molecule has 3 nitrogen and oxygen atoms in total. The van der Waals surface area contributed by atoms with E-state index in [1.165, 1.54) is 0 Å². The summed E-state index contributed by atoms with van der Waals surface area (Å²) in [6, 6.07) is 15.2. The molecule has 0 spiro atoms. The quantitative estimate of drug-likeness (QED) is 0.803. The van der Waals surface area contributed by atoms with E-state index in [-0.39, 0.29) is 0 Å². The van der Waals surface area contributed by atoms with Crippen LogP contribution in [0.5, 0.6) is 0 Å². The highest BCUT2D eigenvalue weighted by Gasteiger charge is 2.01. The Morgan fingerprint density at radius 3 is 2.60 bits per heavy atom. The number of hydrogen-bond acceptors (Lipinski definition) is 2. The van der Waals surface area contributed by atoms with Crippen LogP contribution in [0.3, 0.4) is 0 Å². The summed E-state index contributed by atoms with van der Waals surface area (Å²) in [5.41, 5.74) is 8.07. The number of nitrogens with one attached hydrogen (secondary N) is 1. The Bertz CT molecular complexity index is 599. The van der Waals surface area contributed by atoms with Crippen molar-refractivity contribution < 1.29 is 4.79 Å². The zero-order chi connectivity index (χ0) is 14.4. The van der Waals surface area contributed by atoms with Gasteiger partial charge in [-0.1, -0.05) is 35.9 Å². The molecule has 0 saturated carbocycles. The van der Waals surface area contributed by atoms with Crippen molar-refractivity contribution in [1.82, 2.24) is 5.32 Å². The second kappa shape index (κ2) is 7.08. The second-order valence-electron chi connectivity index (χ2n) is 4.62. The van der Waals surface area contributed by atoms with Crippen LogP contribution >= 0.6 is 11.6 Å². The van der Waals surface area contributed by atoms with Crippen LogP contribution in [-0.4, -0.2) is 12.5 Å². The molecule has 2 aromatic rings. The number of benzene rings is 2. The van der Waals surface area contributed by atoms with Gasteiger partial charge in [-0.25, -0.2) is 0 Å². The van der Waals surface area contributed by atoms with Crippen LogP contribution in [0.15, 0.2) is 48.5 Å². The first-order valence-electron chi connectivity index (χ1n) is 6.49. The highest BCUT2D eigenvalue weighted by molar-refractivity contribution is 6.30. The monoisotopic (exact) mass is 288 g/mol. The lowest BCUT2D eigenvalue weighted by molar-refractivity contribution is 0.1000. The first-order chi connectivity index (χ1) is 9.65. The molecule has 0 aliphatic heterocycles. The summed E-state index contributed by atoms with van der Waals surface area (Å²) in [5.74, 6) is -0.390. The number of hydrogen-bond donors (Lipinski definition) is 2. The summed E-state index contributed by atoms with van der Waals surface area (Å²) in [4.78, 5) is 11.1. The fraction of sp³-hybridized carbons (Fsp3) is 0.188. The zero-order valence-corrected chi connectivity index (χ0v) is 11.9. The van der Waals surface area contributed by atoms with E-state index in [9.17, 15) is 4.79 Å². The predicted molar refractivity (Wildman–Crippen MR) is 81.8 cm³/mol. The first kappa shape index (κ1) is 14.6. The lowest BCUT2D eigenvalue weighted by atomic mass is 10.1. The number of nitrogens with two attached hydrogens (primary N) is 1. The lowest BCUT2D eigenvalue weighted by Crippen LogP contribution is -2.17. The first-order valence-corrected chi connectivity index (χ1v) is 6.87. The minimum absolute atomic E-state index is 0.390. The molecule has 2 aromatic carbocycles. The van der Waals surface area contributed by atoms with E-state index in [1.54, 1.807) is 6.07 Å². The maximum atomic E-state index is 11.1. The molecule has 0 aliphatic rings. The predicted octanol–water partition coefficient (Wildman–Crippen LogP) is 2.77. The van der Waals surface area contributed by atoms with Crippen LogP contribution < -0.4 is 11.1 Å². The molecule has 0 saturated heterocycles. The van der Waals surface area contributed by atoms with Gasteiger partial charge in [0.25, 0.3) is 0 Å². The number of primary amides is 1. The third kappa shape index (κ3) is 4.37. The van der Waals surface area contributed by atoms with E-state index < -0.39 is 5.91 Å². The largest absolute Gasteiger partial charge is 0.366 e. The topological polar surface area (TPSA) is 55.1 Å². The Kier molecular flexibility index (Phi) is 5.16. The summed E-state index contributed by atoms with van der Waals surface area (Å²) in [6.07, 6.45) is 0.849. The Morgan fingerprint density at radius 2 is 1.85 bits per heavy atom. The SMILES string of the molecule is NC(=O)c1cccc(CCNCc2cccc(Cl)c2)c1. The average molecular weight is 289 g/mol. The standard InChI is InChI=1S/C16H17ClN2O/c17-15-6-2-4-13(10-15)11-19-8-7-12-3-1-5-14(9-12)16(18)20/h1-6,9-10,19H,7-8,11H2,(H2,18,20). The van der Waals surface area contributed by atoms with Gasteiger partial charge in [0, 0.05) is 17.1 Å². The molecule has 0 atom stereocenters. The molecule has 4 heteroatoms. The normalized spacial score (nSPS) is 10.4. The molecular weight excluding hydrogens is 272 g/mol. The Hall–Kier alpha value is -1.84. The van der Waals surface area contributed by atoms with E-state index in [0.29, 0.717) is 5.56 Å². The van der Waals surface area contributed by atoms with Crippen LogP contribution in [0, 0.1) is 0 Å². The average Bonchev–Trinajstić information content (AvgIpc) is 2.44. The molecular formula is C16H17ClN2O. The Labute approximate surface area is 123 Å². The summed E-state index contributed by atoms with van der Waals surface area (Å²) in [6.45, 7) is 1.60. The van der Waals surface area contributed by atoms with Crippen molar-refractivity contribution in [2.45, 2.75) is 13.0 Å². The lowest BCUT2D eigenvalue weighted by Gasteiger charge is -2.06. The van der Waals surface area contributed by atoms with Gasteiger partial charge in [0.1, 0.15) is 0 Å².